The van der Waals surface area contributed by atoms with Crippen molar-refractivity contribution in [3.05, 3.63) is 88.4 Å². The standard InChI is InChI=1S/C23H18Cl2N2O4/c24-18-11-10-16(12-19(18)25)23(30)26-13-22(29)31-14-21(28)27-20-9-5-4-8-17(20)15-6-2-1-3-7-15/h1-12H,13-14H2,(H,26,30)(H,27,28). The largest absolute Gasteiger partial charge is 0.454 e. The van der Waals surface area contributed by atoms with Gasteiger partial charge in [0, 0.05) is 16.8 Å². The van der Waals surface area contributed by atoms with Gasteiger partial charge in [0.15, 0.2) is 6.61 Å². The third-order valence-electron chi connectivity index (χ3n) is 4.23. The highest BCUT2D eigenvalue weighted by atomic mass is 35.5. The Labute approximate surface area is 189 Å². The monoisotopic (exact) mass is 456 g/mol. The second-order valence-corrected chi connectivity index (χ2v) is 7.25. The predicted octanol–water partition coefficient (Wildman–Crippen LogP) is 4.57. The lowest BCUT2D eigenvalue weighted by molar-refractivity contribution is -0.146. The maximum Gasteiger partial charge on any atom is 0.325 e. The van der Waals surface area contributed by atoms with Crippen molar-refractivity contribution in [2.75, 3.05) is 18.5 Å². The predicted molar refractivity (Wildman–Crippen MR) is 120 cm³/mol. The third kappa shape index (κ3) is 6.31. The van der Waals surface area contributed by atoms with Crippen LogP contribution in [0.15, 0.2) is 72.8 Å². The van der Waals surface area contributed by atoms with E-state index in [-0.39, 0.29) is 10.6 Å². The SMILES string of the molecule is O=C(COC(=O)CNC(=O)c1ccc(Cl)c(Cl)c1)Nc1ccccc1-c1ccccc1. The molecule has 6 nitrogen and oxygen atoms in total. The van der Waals surface area contributed by atoms with E-state index < -0.39 is 30.9 Å². The number of rotatable bonds is 7. The first kappa shape index (κ1) is 22.3. The van der Waals surface area contributed by atoms with Gasteiger partial charge in [-0.2, -0.15) is 0 Å². The van der Waals surface area contributed by atoms with Crippen molar-refractivity contribution < 1.29 is 19.1 Å². The van der Waals surface area contributed by atoms with Gasteiger partial charge in [0.05, 0.1) is 10.0 Å². The summed E-state index contributed by atoms with van der Waals surface area (Å²) in [6.45, 7) is -0.877. The van der Waals surface area contributed by atoms with Gasteiger partial charge < -0.3 is 15.4 Å². The fourth-order valence-corrected chi connectivity index (χ4v) is 3.03. The number of amides is 2. The van der Waals surface area contributed by atoms with Crippen molar-refractivity contribution in [3.63, 3.8) is 0 Å². The molecule has 0 atom stereocenters. The van der Waals surface area contributed by atoms with Gasteiger partial charge in [-0.15, -0.1) is 0 Å². The minimum Gasteiger partial charge on any atom is -0.454 e. The molecule has 2 amide bonds. The molecule has 0 saturated carbocycles. The Bertz CT molecular complexity index is 1100. The fraction of sp³-hybridized carbons (Fsp3) is 0.0870. The molecule has 0 aliphatic carbocycles. The summed E-state index contributed by atoms with van der Waals surface area (Å²) in [7, 11) is 0. The summed E-state index contributed by atoms with van der Waals surface area (Å²) < 4.78 is 4.94. The molecule has 0 spiro atoms. The van der Waals surface area contributed by atoms with Crippen molar-refractivity contribution >= 4 is 46.7 Å². The number of hydrogen-bond donors (Lipinski definition) is 2. The van der Waals surface area contributed by atoms with Gasteiger partial charge in [-0.1, -0.05) is 71.7 Å². The van der Waals surface area contributed by atoms with Crippen molar-refractivity contribution in [3.8, 4) is 11.1 Å². The fourth-order valence-electron chi connectivity index (χ4n) is 2.74. The zero-order chi connectivity index (χ0) is 22.2. The first-order valence-corrected chi connectivity index (χ1v) is 10.0. The number of esters is 1. The highest BCUT2D eigenvalue weighted by Gasteiger charge is 2.13. The van der Waals surface area contributed by atoms with E-state index in [1.807, 2.05) is 42.5 Å². The Morgan fingerprint density at radius 3 is 2.29 bits per heavy atom. The highest BCUT2D eigenvalue weighted by Crippen LogP contribution is 2.27. The van der Waals surface area contributed by atoms with E-state index in [0.717, 1.165) is 11.1 Å². The van der Waals surface area contributed by atoms with Crippen LogP contribution in [0.4, 0.5) is 5.69 Å². The third-order valence-corrected chi connectivity index (χ3v) is 4.96. The number of anilines is 1. The first-order valence-electron chi connectivity index (χ1n) is 9.27. The minimum absolute atomic E-state index is 0.226. The number of halogens is 2. The van der Waals surface area contributed by atoms with E-state index in [1.54, 1.807) is 12.1 Å². The second kappa shape index (κ2) is 10.6. The van der Waals surface area contributed by atoms with Crippen LogP contribution in [0.5, 0.6) is 0 Å². The summed E-state index contributed by atoms with van der Waals surface area (Å²) in [5.74, 6) is -1.76. The van der Waals surface area contributed by atoms with Crippen molar-refractivity contribution in [1.29, 1.82) is 0 Å². The van der Waals surface area contributed by atoms with E-state index >= 15 is 0 Å². The van der Waals surface area contributed by atoms with Crippen LogP contribution >= 0.6 is 23.2 Å². The molecule has 0 aromatic heterocycles. The number of carbonyl (C=O) groups excluding carboxylic acids is 3. The minimum atomic E-state index is -0.750. The molecule has 3 aromatic rings. The molecule has 0 saturated heterocycles. The Balaban J connectivity index is 1.49. The van der Waals surface area contributed by atoms with Crippen molar-refractivity contribution in [1.82, 2.24) is 5.32 Å². The Morgan fingerprint density at radius 2 is 1.55 bits per heavy atom. The smallest absolute Gasteiger partial charge is 0.325 e. The van der Waals surface area contributed by atoms with E-state index in [2.05, 4.69) is 10.6 Å². The van der Waals surface area contributed by atoms with Crippen LogP contribution in [-0.2, 0) is 14.3 Å². The van der Waals surface area contributed by atoms with E-state index in [4.69, 9.17) is 27.9 Å². The topological polar surface area (TPSA) is 84.5 Å². The Hall–Kier alpha value is -3.35. The summed E-state index contributed by atoms with van der Waals surface area (Å²) in [5.41, 5.74) is 2.64. The molecule has 31 heavy (non-hydrogen) atoms. The number of carbonyl (C=O) groups is 3. The zero-order valence-electron chi connectivity index (χ0n) is 16.2. The lowest BCUT2D eigenvalue weighted by Crippen LogP contribution is -2.32. The van der Waals surface area contributed by atoms with Gasteiger partial charge >= 0.3 is 5.97 Å². The van der Waals surface area contributed by atoms with Gasteiger partial charge in [-0.3, -0.25) is 14.4 Å². The average Bonchev–Trinajstić information content (AvgIpc) is 2.79. The highest BCUT2D eigenvalue weighted by molar-refractivity contribution is 6.42. The van der Waals surface area contributed by atoms with Crippen LogP contribution in [0.3, 0.4) is 0 Å². The quantitative estimate of drug-likeness (QED) is 0.509. The van der Waals surface area contributed by atoms with Crippen LogP contribution < -0.4 is 10.6 Å². The lowest BCUT2D eigenvalue weighted by Gasteiger charge is -2.12. The zero-order valence-corrected chi connectivity index (χ0v) is 17.7. The van der Waals surface area contributed by atoms with E-state index in [0.29, 0.717) is 10.7 Å². The lowest BCUT2D eigenvalue weighted by atomic mass is 10.0. The molecule has 2 N–H and O–H groups in total. The summed E-state index contributed by atoms with van der Waals surface area (Å²) >= 11 is 11.7. The number of ether oxygens (including phenoxy) is 1. The summed E-state index contributed by atoms with van der Waals surface area (Å²) in [5, 5.41) is 5.68. The van der Waals surface area contributed by atoms with Gasteiger partial charge in [0.25, 0.3) is 11.8 Å². The molecular weight excluding hydrogens is 439 g/mol. The maximum atomic E-state index is 12.2. The summed E-state index contributed by atoms with van der Waals surface area (Å²) in [4.78, 5) is 36.2. The van der Waals surface area contributed by atoms with Gasteiger partial charge in [-0.05, 0) is 29.8 Å². The molecule has 8 heteroatoms. The molecule has 0 aliphatic rings. The molecule has 0 radical (unpaired) electrons. The molecule has 0 bridgehead atoms. The van der Waals surface area contributed by atoms with E-state index in [1.165, 1.54) is 18.2 Å². The summed E-state index contributed by atoms with van der Waals surface area (Å²) in [6.07, 6.45) is 0. The van der Waals surface area contributed by atoms with Crippen LogP contribution in [0, 0.1) is 0 Å². The molecule has 0 fully saturated rings. The molecule has 158 valence electrons. The number of para-hydroxylation sites is 1. The average molecular weight is 457 g/mol. The van der Waals surface area contributed by atoms with Crippen LogP contribution in [0.1, 0.15) is 10.4 Å². The molecule has 3 aromatic carbocycles. The first-order chi connectivity index (χ1) is 14.9. The molecular formula is C23H18Cl2N2O4. The molecule has 3 rings (SSSR count). The maximum absolute atomic E-state index is 12.2. The number of benzene rings is 3. The van der Waals surface area contributed by atoms with Gasteiger partial charge in [0.1, 0.15) is 6.54 Å². The van der Waals surface area contributed by atoms with E-state index in [9.17, 15) is 14.4 Å². The van der Waals surface area contributed by atoms with Crippen molar-refractivity contribution in [2.45, 2.75) is 0 Å². The normalized spacial score (nSPS) is 10.3. The van der Waals surface area contributed by atoms with Gasteiger partial charge in [0.2, 0.25) is 0 Å². The van der Waals surface area contributed by atoms with Crippen LogP contribution in [0.25, 0.3) is 11.1 Å². The number of hydrogen-bond acceptors (Lipinski definition) is 4. The van der Waals surface area contributed by atoms with Crippen molar-refractivity contribution in [2.24, 2.45) is 0 Å². The number of nitrogens with one attached hydrogen (secondary N) is 2. The molecule has 0 aliphatic heterocycles. The van der Waals surface area contributed by atoms with Gasteiger partial charge in [-0.25, -0.2) is 0 Å². The second-order valence-electron chi connectivity index (χ2n) is 6.43. The van der Waals surface area contributed by atoms with Crippen LogP contribution in [0.2, 0.25) is 10.0 Å². The molecule has 0 heterocycles. The Kier molecular flexibility index (Phi) is 7.65. The van der Waals surface area contributed by atoms with Crippen LogP contribution in [-0.4, -0.2) is 30.9 Å². The Morgan fingerprint density at radius 1 is 0.839 bits per heavy atom. The molecule has 0 unspecified atom stereocenters. The summed E-state index contributed by atoms with van der Waals surface area (Å²) in [6, 6.07) is 21.2.